The Kier molecular flexibility index (Phi) is 6.32. The Morgan fingerprint density at radius 3 is 2.36 bits per heavy atom. The van der Waals surface area contributed by atoms with Crippen LogP contribution in [0.1, 0.15) is 53.9 Å². The van der Waals surface area contributed by atoms with E-state index in [1.165, 1.54) is 64.5 Å². The summed E-state index contributed by atoms with van der Waals surface area (Å²) in [4.78, 5) is 31.7. The molecule has 1 aromatic heterocycles. The average molecular weight is 489 g/mol. The van der Waals surface area contributed by atoms with Gasteiger partial charge in [-0.15, -0.1) is 0 Å². The summed E-state index contributed by atoms with van der Waals surface area (Å²) in [6.45, 7) is 1.45. The number of hydrogen-bond acceptors (Lipinski definition) is 6. The molecule has 8 nitrogen and oxygen atoms in total. The summed E-state index contributed by atoms with van der Waals surface area (Å²) in [5, 5.41) is 0.641. The van der Waals surface area contributed by atoms with Crippen molar-refractivity contribution in [3.8, 4) is 0 Å². The smallest absolute Gasteiger partial charge is 0.267 e. The molecule has 0 unspecified atom stereocenters. The number of sulfonamides is 1. The van der Waals surface area contributed by atoms with E-state index in [1.807, 2.05) is 12.1 Å². The monoisotopic (exact) mass is 488 g/mol. The number of amides is 1. The van der Waals surface area contributed by atoms with Crippen LogP contribution in [0.5, 0.6) is 0 Å². The summed E-state index contributed by atoms with van der Waals surface area (Å²) in [7, 11) is -3.63. The van der Waals surface area contributed by atoms with Crippen molar-refractivity contribution in [2.24, 2.45) is 0 Å². The van der Waals surface area contributed by atoms with E-state index in [4.69, 9.17) is 0 Å². The minimum Gasteiger partial charge on any atom is -0.336 e. The number of fused-ring (bicyclic) bond motifs is 1. The number of aromatic nitrogens is 2. The molecule has 1 aromatic carbocycles. The van der Waals surface area contributed by atoms with Gasteiger partial charge in [0.1, 0.15) is 5.56 Å². The number of carbonyl (C=O) groups excluding carboxylic acids is 1. The van der Waals surface area contributed by atoms with Crippen molar-refractivity contribution in [1.82, 2.24) is 18.8 Å². The Balaban J connectivity index is 1.25. The van der Waals surface area contributed by atoms with Crippen LogP contribution in [-0.4, -0.2) is 65.0 Å². The molecule has 2 aromatic rings. The number of piperazine rings is 1. The maximum atomic E-state index is 13.2. The lowest BCUT2D eigenvalue weighted by Gasteiger charge is -2.34. The Hall–Kier alpha value is -2.17. The molecule has 0 radical (unpaired) electrons. The number of rotatable bonds is 4. The molecule has 5 rings (SSSR count). The van der Waals surface area contributed by atoms with Crippen LogP contribution in [0.25, 0.3) is 0 Å². The van der Waals surface area contributed by atoms with E-state index in [-0.39, 0.29) is 43.2 Å². The van der Waals surface area contributed by atoms with Gasteiger partial charge >= 0.3 is 0 Å². The summed E-state index contributed by atoms with van der Waals surface area (Å²) in [6, 6.07) is 7.34. The quantitative estimate of drug-likeness (QED) is 0.614. The number of nitrogens with zero attached hydrogens (tertiary/aromatic N) is 4. The Bertz CT molecular complexity index is 1200. The standard InChI is InChI=1S/C23H28N4O4S2/c28-21(20-16-24-23-27(22(20)29)14-15-32-23)25-10-12-26(13-11-25)33(30,31)19-8-6-18(7-9-19)17-4-2-1-3-5-17/h6-9,16-17H,1-5,10-15H2. The molecule has 1 saturated carbocycles. The van der Waals surface area contributed by atoms with E-state index in [2.05, 4.69) is 4.98 Å². The van der Waals surface area contributed by atoms with E-state index < -0.39 is 10.0 Å². The van der Waals surface area contributed by atoms with Gasteiger partial charge in [-0.3, -0.25) is 14.2 Å². The maximum Gasteiger partial charge on any atom is 0.267 e. The third kappa shape index (κ3) is 4.36. The molecule has 1 amide bonds. The highest BCUT2D eigenvalue weighted by Gasteiger charge is 2.32. The second kappa shape index (κ2) is 9.23. The van der Waals surface area contributed by atoms with Crippen LogP contribution in [0.3, 0.4) is 0 Å². The summed E-state index contributed by atoms with van der Waals surface area (Å²) < 4.78 is 29.3. The molecule has 1 aliphatic carbocycles. The van der Waals surface area contributed by atoms with Gasteiger partial charge in [-0.2, -0.15) is 4.31 Å². The van der Waals surface area contributed by atoms with Gasteiger partial charge in [0.25, 0.3) is 11.5 Å². The van der Waals surface area contributed by atoms with Crippen molar-refractivity contribution in [3.05, 3.63) is 51.9 Å². The number of thioether (sulfide) groups is 1. The fraction of sp³-hybridized carbons (Fsp3) is 0.522. The van der Waals surface area contributed by atoms with Gasteiger partial charge < -0.3 is 4.90 Å². The van der Waals surface area contributed by atoms with Crippen LogP contribution >= 0.6 is 11.8 Å². The summed E-state index contributed by atoms with van der Waals surface area (Å²) in [6.07, 6.45) is 7.45. The van der Waals surface area contributed by atoms with Crippen molar-refractivity contribution >= 4 is 27.7 Å². The maximum absolute atomic E-state index is 13.2. The van der Waals surface area contributed by atoms with Crippen LogP contribution in [0, 0.1) is 0 Å². The van der Waals surface area contributed by atoms with E-state index in [9.17, 15) is 18.0 Å². The van der Waals surface area contributed by atoms with Crippen molar-refractivity contribution in [1.29, 1.82) is 0 Å². The molecular weight excluding hydrogens is 460 g/mol. The average Bonchev–Trinajstić information content (AvgIpc) is 3.35. The van der Waals surface area contributed by atoms with Crippen LogP contribution in [0.4, 0.5) is 0 Å². The summed E-state index contributed by atoms with van der Waals surface area (Å²) in [5.74, 6) is 0.924. The molecule has 10 heteroatoms. The molecule has 0 atom stereocenters. The topological polar surface area (TPSA) is 92.6 Å². The Morgan fingerprint density at radius 1 is 0.970 bits per heavy atom. The first kappa shape index (κ1) is 22.6. The molecule has 176 valence electrons. The highest BCUT2D eigenvalue weighted by Crippen LogP contribution is 2.33. The van der Waals surface area contributed by atoms with E-state index in [0.717, 1.165) is 5.75 Å². The van der Waals surface area contributed by atoms with E-state index >= 15 is 0 Å². The van der Waals surface area contributed by atoms with Crippen LogP contribution in [0.2, 0.25) is 0 Å². The van der Waals surface area contributed by atoms with E-state index in [0.29, 0.717) is 22.5 Å². The predicted molar refractivity (Wildman–Crippen MR) is 126 cm³/mol. The first-order valence-corrected chi connectivity index (χ1v) is 14.0. The van der Waals surface area contributed by atoms with Gasteiger partial charge in [0.2, 0.25) is 10.0 Å². The van der Waals surface area contributed by atoms with Crippen LogP contribution in [-0.2, 0) is 16.6 Å². The molecule has 3 heterocycles. The predicted octanol–water partition coefficient (Wildman–Crippen LogP) is 2.54. The minimum absolute atomic E-state index is 0.0517. The summed E-state index contributed by atoms with van der Waals surface area (Å²) >= 11 is 1.50. The Morgan fingerprint density at radius 2 is 1.67 bits per heavy atom. The van der Waals surface area contributed by atoms with Crippen molar-refractivity contribution in [2.45, 2.75) is 54.6 Å². The van der Waals surface area contributed by atoms with Gasteiger partial charge in [0.15, 0.2) is 5.16 Å². The minimum atomic E-state index is -3.63. The zero-order valence-corrected chi connectivity index (χ0v) is 20.1. The first-order chi connectivity index (χ1) is 15.9. The summed E-state index contributed by atoms with van der Waals surface area (Å²) in [5.41, 5.74) is 0.954. The third-order valence-electron chi connectivity index (χ3n) is 6.91. The lowest BCUT2D eigenvalue weighted by molar-refractivity contribution is 0.0694. The van der Waals surface area contributed by atoms with Crippen molar-refractivity contribution in [3.63, 3.8) is 0 Å². The highest BCUT2D eigenvalue weighted by molar-refractivity contribution is 7.99. The molecule has 0 N–H and O–H groups in total. The molecule has 0 bridgehead atoms. The third-order valence-corrected chi connectivity index (χ3v) is 9.79. The molecular formula is C23H28N4O4S2. The van der Waals surface area contributed by atoms with Crippen LogP contribution < -0.4 is 5.56 Å². The number of carbonyl (C=O) groups is 1. The highest BCUT2D eigenvalue weighted by atomic mass is 32.2. The van der Waals surface area contributed by atoms with Crippen molar-refractivity contribution < 1.29 is 13.2 Å². The molecule has 1 saturated heterocycles. The number of hydrogen-bond donors (Lipinski definition) is 0. The zero-order chi connectivity index (χ0) is 23.0. The molecule has 2 aliphatic heterocycles. The fourth-order valence-corrected chi connectivity index (χ4v) is 7.30. The van der Waals surface area contributed by atoms with Gasteiger partial charge in [-0.1, -0.05) is 43.2 Å². The lowest BCUT2D eigenvalue weighted by atomic mass is 9.84. The molecule has 33 heavy (non-hydrogen) atoms. The largest absolute Gasteiger partial charge is 0.336 e. The first-order valence-electron chi connectivity index (χ1n) is 11.6. The second-order valence-corrected chi connectivity index (χ2v) is 11.9. The lowest BCUT2D eigenvalue weighted by Crippen LogP contribution is -2.51. The van der Waals surface area contributed by atoms with Gasteiger partial charge in [-0.25, -0.2) is 13.4 Å². The van der Waals surface area contributed by atoms with Gasteiger partial charge in [0, 0.05) is 44.7 Å². The molecule has 2 fully saturated rings. The molecule has 3 aliphatic rings. The Labute approximate surface area is 198 Å². The normalized spacial score (nSPS) is 20.1. The fourth-order valence-electron chi connectivity index (χ4n) is 4.96. The van der Waals surface area contributed by atoms with Gasteiger partial charge in [-0.05, 0) is 36.5 Å². The van der Waals surface area contributed by atoms with Crippen LogP contribution in [0.15, 0.2) is 45.3 Å². The van der Waals surface area contributed by atoms with Gasteiger partial charge in [0.05, 0.1) is 4.90 Å². The van der Waals surface area contributed by atoms with Crippen molar-refractivity contribution in [2.75, 3.05) is 31.9 Å². The number of benzene rings is 1. The SMILES string of the molecule is O=C(c1cnc2n(c1=O)CCS2)N1CCN(S(=O)(=O)c2ccc(C3CCCCC3)cc2)CC1. The molecule has 0 spiro atoms. The van der Waals surface area contributed by atoms with E-state index in [1.54, 1.807) is 17.0 Å². The second-order valence-electron chi connectivity index (χ2n) is 8.86. The zero-order valence-electron chi connectivity index (χ0n) is 18.5.